The second kappa shape index (κ2) is 8.93. The highest BCUT2D eigenvalue weighted by Gasteiger charge is 2.38. The Bertz CT molecular complexity index is 1070. The van der Waals surface area contributed by atoms with Crippen molar-refractivity contribution in [1.82, 2.24) is 0 Å². The Balaban J connectivity index is 1.75. The molecule has 0 saturated carbocycles. The SMILES string of the molecule is NC(CC(=O)N1CCc2cc(OCc3ccc(C(F)(F)F)cc3C(F)(F)F)ccc21)C(=O)O. The third kappa shape index (κ3) is 5.56. The number of hydrogen-bond donors (Lipinski definition) is 2. The number of carbonyl (C=O) groups excluding carboxylic acids is 1. The van der Waals surface area contributed by atoms with Gasteiger partial charge in [0.1, 0.15) is 18.4 Å². The third-order valence-corrected chi connectivity index (χ3v) is 5.10. The van der Waals surface area contributed by atoms with Crippen molar-refractivity contribution in [1.29, 1.82) is 0 Å². The van der Waals surface area contributed by atoms with Gasteiger partial charge in [0.2, 0.25) is 5.91 Å². The van der Waals surface area contributed by atoms with Gasteiger partial charge in [-0.2, -0.15) is 26.3 Å². The molecule has 1 amide bonds. The standard InChI is InChI=1S/C21H18F6N2O4/c22-20(23,24)13-2-1-12(15(8-13)21(25,26)27)10-33-14-3-4-17-11(7-14)5-6-29(17)18(30)9-16(28)19(31)32/h1-4,7-8,16H,5-6,9-10,28H2,(H,31,32). The molecule has 3 N–H and O–H groups in total. The van der Waals surface area contributed by atoms with Crippen LogP contribution in [0.15, 0.2) is 36.4 Å². The Morgan fingerprint density at radius 3 is 2.36 bits per heavy atom. The number of amides is 1. The zero-order valence-corrected chi connectivity index (χ0v) is 16.8. The van der Waals surface area contributed by atoms with Gasteiger partial charge in [0, 0.05) is 17.8 Å². The fourth-order valence-corrected chi connectivity index (χ4v) is 3.42. The number of alkyl halides is 6. The molecule has 178 valence electrons. The molecular weight excluding hydrogens is 458 g/mol. The van der Waals surface area contributed by atoms with Crippen LogP contribution in [0.1, 0.15) is 28.7 Å². The molecule has 1 unspecified atom stereocenters. The minimum atomic E-state index is -5.00. The summed E-state index contributed by atoms with van der Waals surface area (Å²) >= 11 is 0. The van der Waals surface area contributed by atoms with E-state index in [4.69, 9.17) is 15.6 Å². The van der Waals surface area contributed by atoms with Gasteiger partial charge in [-0.1, -0.05) is 6.07 Å². The van der Waals surface area contributed by atoms with Crippen LogP contribution >= 0.6 is 0 Å². The molecule has 0 aliphatic carbocycles. The summed E-state index contributed by atoms with van der Waals surface area (Å²) in [5, 5.41) is 8.84. The van der Waals surface area contributed by atoms with Crippen molar-refractivity contribution in [2.75, 3.05) is 11.4 Å². The van der Waals surface area contributed by atoms with Gasteiger partial charge < -0.3 is 20.5 Å². The lowest BCUT2D eigenvalue weighted by atomic mass is 10.0. The van der Waals surface area contributed by atoms with Crippen molar-refractivity contribution in [2.24, 2.45) is 5.73 Å². The number of anilines is 1. The number of halogens is 6. The maximum absolute atomic E-state index is 13.3. The highest BCUT2D eigenvalue weighted by Crippen LogP contribution is 2.38. The molecule has 1 aliphatic heterocycles. The van der Waals surface area contributed by atoms with E-state index >= 15 is 0 Å². The number of nitrogens with zero attached hydrogens (tertiary/aromatic N) is 1. The number of hydrogen-bond acceptors (Lipinski definition) is 4. The molecule has 0 spiro atoms. The summed E-state index contributed by atoms with van der Waals surface area (Å²) in [4.78, 5) is 24.5. The number of aliphatic carboxylic acids is 1. The van der Waals surface area contributed by atoms with Crippen molar-refractivity contribution in [3.8, 4) is 5.75 Å². The summed E-state index contributed by atoms with van der Waals surface area (Å²) in [5.74, 6) is -1.64. The topological polar surface area (TPSA) is 92.9 Å². The summed E-state index contributed by atoms with van der Waals surface area (Å²) in [5.41, 5.74) is 3.22. The van der Waals surface area contributed by atoms with Crippen molar-refractivity contribution >= 4 is 17.6 Å². The van der Waals surface area contributed by atoms with Crippen LogP contribution in [0.25, 0.3) is 0 Å². The first-order chi connectivity index (χ1) is 15.3. The van der Waals surface area contributed by atoms with Gasteiger partial charge in [0.25, 0.3) is 0 Å². The van der Waals surface area contributed by atoms with E-state index in [-0.39, 0.29) is 18.4 Å². The summed E-state index contributed by atoms with van der Waals surface area (Å²) in [7, 11) is 0. The molecular formula is C21H18F6N2O4. The second-order valence-electron chi connectivity index (χ2n) is 7.39. The molecule has 33 heavy (non-hydrogen) atoms. The Kier molecular flexibility index (Phi) is 6.59. The van der Waals surface area contributed by atoms with Gasteiger partial charge >= 0.3 is 18.3 Å². The number of rotatable bonds is 6. The van der Waals surface area contributed by atoms with Crippen LogP contribution in [0, 0.1) is 0 Å². The van der Waals surface area contributed by atoms with Gasteiger partial charge in [-0.25, -0.2) is 0 Å². The zero-order chi connectivity index (χ0) is 24.6. The summed E-state index contributed by atoms with van der Waals surface area (Å²) in [6.07, 6.45) is -9.93. The molecule has 12 heteroatoms. The predicted molar refractivity (Wildman–Crippen MR) is 104 cm³/mol. The molecule has 1 aliphatic rings. The summed E-state index contributed by atoms with van der Waals surface area (Å²) in [6.45, 7) is -0.358. The van der Waals surface area contributed by atoms with Gasteiger partial charge in [-0.3, -0.25) is 9.59 Å². The predicted octanol–water partition coefficient (Wildman–Crippen LogP) is 3.99. The van der Waals surface area contributed by atoms with Crippen LogP contribution in [-0.4, -0.2) is 29.6 Å². The van der Waals surface area contributed by atoms with Gasteiger partial charge in [-0.05, 0) is 42.3 Å². The van der Waals surface area contributed by atoms with Crippen molar-refractivity contribution < 1.29 is 45.8 Å². The minimum absolute atomic E-state index is 0.0483. The fourth-order valence-electron chi connectivity index (χ4n) is 3.42. The van der Waals surface area contributed by atoms with E-state index in [1.165, 1.54) is 23.1 Å². The van der Waals surface area contributed by atoms with Crippen LogP contribution in [0.5, 0.6) is 5.75 Å². The fraction of sp³-hybridized carbons (Fsp3) is 0.333. The molecule has 0 fully saturated rings. The highest BCUT2D eigenvalue weighted by molar-refractivity contribution is 5.97. The molecule has 0 aromatic heterocycles. The first kappa shape index (κ1) is 24.4. The maximum Gasteiger partial charge on any atom is 0.416 e. The molecule has 2 aromatic rings. The molecule has 0 radical (unpaired) electrons. The number of ether oxygens (including phenoxy) is 1. The zero-order valence-electron chi connectivity index (χ0n) is 16.8. The van der Waals surface area contributed by atoms with Crippen LogP contribution < -0.4 is 15.4 Å². The van der Waals surface area contributed by atoms with E-state index in [0.29, 0.717) is 23.7 Å². The van der Waals surface area contributed by atoms with E-state index in [2.05, 4.69) is 0 Å². The average Bonchev–Trinajstić information content (AvgIpc) is 3.14. The first-order valence-electron chi connectivity index (χ1n) is 9.59. The van der Waals surface area contributed by atoms with Crippen LogP contribution in [0.2, 0.25) is 0 Å². The van der Waals surface area contributed by atoms with Gasteiger partial charge in [-0.15, -0.1) is 0 Å². The van der Waals surface area contributed by atoms with Crippen molar-refractivity contribution in [2.45, 2.75) is 37.8 Å². The van der Waals surface area contributed by atoms with Crippen molar-refractivity contribution in [3.05, 3.63) is 58.7 Å². The molecule has 2 aromatic carbocycles. The largest absolute Gasteiger partial charge is 0.489 e. The maximum atomic E-state index is 13.3. The summed E-state index contributed by atoms with van der Waals surface area (Å²) < 4.78 is 83.6. The van der Waals surface area contributed by atoms with E-state index in [9.17, 15) is 35.9 Å². The quantitative estimate of drug-likeness (QED) is 0.615. The number of carboxylic acids is 1. The number of benzene rings is 2. The van der Waals surface area contributed by atoms with Crippen LogP contribution in [-0.2, 0) is 35.0 Å². The van der Waals surface area contributed by atoms with E-state index in [1.807, 2.05) is 0 Å². The van der Waals surface area contributed by atoms with Crippen molar-refractivity contribution in [3.63, 3.8) is 0 Å². The highest BCUT2D eigenvalue weighted by atomic mass is 19.4. The smallest absolute Gasteiger partial charge is 0.416 e. The number of carboxylic acid groups (broad SMARTS) is 1. The summed E-state index contributed by atoms with van der Waals surface area (Å²) in [6, 6.07) is 4.39. The molecule has 6 nitrogen and oxygen atoms in total. The molecule has 0 bridgehead atoms. The lowest BCUT2D eigenvalue weighted by Gasteiger charge is -2.19. The molecule has 0 saturated heterocycles. The number of carbonyl (C=O) groups is 2. The minimum Gasteiger partial charge on any atom is -0.489 e. The monoisotopic (exact) mass is 476 g/mol. The average molecular weight is 476 g/mol. The second-order valence-corrected chi connectivity index (χ2v) is 7.39. The van der Waals surface area contributed by atoms with E-state index in [1.54, 1.807) is 0 Å². The molecule has 1 atom stereocenters. The molecule has 3 rings (SSSR count). The lowest BCUT2D eigenvalue weighted by Crippen LogP contribution is -2.38. The van der Waals surface area contributed by atoms with E-state index in [0.717, 1.165) is 6.07 Å². The van der Waals surface area contributed by atoms with Crippen LogP contribution in [0.3, 0.4) is 0 Å². The Hall–Kier alpha value is -3.28. The first-order valence-corrected chi connectivity index (χ1v) is 9.59. The lowest BCUT2D eigenvalue weighted by molar-refractivity contribution is -0.144. The van der Waals surface area contributed by atoms with Crippen LogP contribution in [0.4, 0.5) is 32.0 Å². The van der Waals surface area contributed by atoms with Gasteiger partial charge in [0.15, 0.2) is 0 Å². The third-order valence-electron chi connectivity index (χ3n) is 5.10. The number of nitrogens with two attached hydrogens (primary N) is 1. The number of fused-ring (bicyclic) bond motifs is 1. The van der Waals surface area contributed by atoms with E-state index < -0.39 is 60.0 Å². The van der Waals surface area contributed by atoms with Gasteiger partial charge in [0.05, 0.1) is 17.5 Å². The Morgan fingerprint density at radius 1 is 1.06 bits per heavy atom. The Morgan fingerprint density at radius 2 is 1.76 bits per heavy atom. The molecule has 1 heterocycles. The Labute approximate surface area is 183 Å². The normalized spacial score (nSPS) is 14.7.